The molecule has 2 aromatic carbocycles. The summed E-state index contributed by atoms with van der Waals surface area (Å²) in [5.74, 6) is -0.0622. The lowest BCUT2D eigenvalue weighted by molar-refractivity contribution is -0.134. The van der Waals surface area contributed by atoms with Gasteiger partial charge in [-0.3, -0.25) is 9.59 Å². The second-order valence-corrected chi connectivity index (χ2v) is 4.67. The van der Waals surface area contributed by atoms with E-state index in [1.807, 2.05) is 31.2 Å². The minimum Gasteiger partial charge on any atom is -0.427 e. The van der Waals surface area contributed by atoms with Gasteiger partial charge in [0.2, 0.25) is 0 Å². The molecular weight excluding hydrogens is 266 g/mol. The largest absolute Gasteiger partial charge is 0.427 e. The molecule has 0 aliphatic rings. The Kier molecular flexibility index (Phi) is 4.72. The van der Waals surface area contributed by atoms with E-state index in [0.29, 0.717) is 17.7 Å². The van der Waals surface area contributed by atoms with Crippen molar-refractivity contribution in [2.45, 2.75) is 20.3 Å². The Balaban J connectivity index is 2.02. The van der Waals surface area contributed by atoms with Crippen molar-refractivity contribution < 1.29 is 14.3 Å². The highest BCUT2D eigenvalue weighted by atomic mass is 16.5. The van der Waals surface area contributed by atoms with Crippen molar-refractivity contribution in [1.82, 2.24) is 0 Å². The van der Waals surface area contributed by atoms with Crippen LogP contribution in [0.25, 0.3) is 0 Å². The first-order valence-corrected chi connectivity index (χ1v) is 6.77. The smallest absolute Gasteiger partial charge is 0.310 e. The first-order valence-electron chi connectivity index (χ1n) is 6.77. The van der Waals surface area contributed by atoms with Crippen LogP contribution < -0.4 is 10.1 Å². The third kappa shape index (κ3) is 4.18. The van der Waals surface area contributed by atoms with Gasteiger partial charge in [0.1, 0.15) is 5.75 Å². The van der Waals surface area contributed by atoms with Crippen LogP contribution in [0.2, 0.25) is 0 Å². The number of anilines is 1. The van der Waals surface area contributed by atoms with Gasteiger partial charge in [0.05, 0.1) is 0 Å². The fraction of sp³-hybridized carbons (Fsp3) is 0.176. The standard InChI is InChI=1S/C17H17NO3/c1-3-16(19)21-15-10-6-13(7-11-15)17(20)18-14-8-4-12(2)5-9-14/h4-11H,3H2,1-2H3,(H,18,20). The molecule has 21 heavy (non-hydrogen) atoms. The molecule has 2 rings (SSSR count). The molecular formula is C17H17NO3. The summed E-state index contributed by atoms with van der Waals surface area (Å²) in [6.07, 6.45) is 0.315. The third-order valence-corrected chi connectivity index (χ3v) is 2.95. The predicted molar refractivity (Wildman–Crippen MR) is 81.5 cm³/mol. The Labute approximate surface area is 123 Å². The van der Waals surface area contributed by atoms with E-state index in [-0.39, 0.29) is 11.9 Å². The number of hydrogen-bond donors (Lipinski definition) is 1. The molecule has 0 heterocycles. The van der Waals surface area contributed by atoms with E-state index in [1.165, 1.54) is 0 Å². The van der Waals surface area contributed by atoms with Crippen molar-refractivity contribution in [3.8, 4) is 5.75 Å². The average molecular weight is 283 g/mol. The maximum atomic E-state index is 12.1. The molecule has 4 nitrogen and oxygen atoms in total. The molecule has 0 unspecified atom stereocenters. The Morgan fingerprint density at radius 2 is 1.62 bits per heavy atom. The van der Waals surface area contributed by atoms with E-state index >= 15 is 0 Å². The molecule has 0 radical (unpaired) electrons. The summed E-state index contributed by atoms with van der Waals surface area (Å²) >= 11 is 0. The molecule has 4 heteroatoms. The van der Waals surface area contributed by atoms with Crippen LogP contribution in [0.5, 0.6) is 5.75 Å². The number of rotatable bonds is 4. The lowest BCUT2D eigenvalue weighted by Crippen LogP contribution is -2.12. The van der Waals surface area contributed by atoms with Crippen LogP contribution in [0.3, 0.4) is 0 Å². The van der Waals surface area contributed by atoms with Crippen LogP contribution in [0.4, 0.5) is 5.69 Å². The lowest BCUT2D eigenvalue weighted by atomic mass is 10.2. The number of benzene rings is 2. The van der Waals surface area contributed by atoms with Gasteiger partial charge in [-0.15, -0.1) is 0 Å². The summed E-state index contributed by atoms with van der Waals surface area (Å²) in [6, 6.07) is 14.0. The van der Waals surface area contributed by atoms with Crippen LogP contribution in [-0.2, 0) is 4.79 Å². The molecule has 0 aliphatic carbocycles. The molecule has 1 amide bonds. The quantitative estimate of drug-likeness (QED) is 0.689. The van der Waals surface area contributed by atoms with Crippen molar-refractivity contribution in [3.05, 3.63) is 59.7 Å². The van der Waals surface area contributed by atoms with Crippen LogP contribution in [0.1, 0.15) is 29.3 Å². The fourth-order valence-corrected chi connectivity index (χ4v) is 1.72. The highest BCUT2D eigenvalue weighted by Gasteiger charge is 2.07. The van der Waals surface area contributed by atoms with Crippen molar-refractivity contribution in [1.29, 1.82) is 0 Å². The van der Waals surface area contributed by atoms with E-state index in [4.69, 9.17) is 4.74 Å². The number of aryl methyl sites for hydroxylation is 1. The van der Waals surface area contributed by atoms with E-state index in [9.17, 15) is 9.59 Å². The van der Waals surface area contributed by atoms with Gasteiger partial charge in [-0.2, -0.15) is 0 Å². The highest BCUT2D eigenvalue weighted by Crippen LogP contribution is 2.15. The Bertz CT molecular complexity index is 630. The van der Waals surface area contributed by atoms with Gasteiger partial charge in [0.25, 0.3) is 5.91 Å². The van der Waals surface area contributed by atoms with Gasteiger partial charge in [-0.05, 0) is 43.3 Å². The molecule has 108 valence electrons. The lowest BCUT2D eigenvalue weighted by Gasteiger charge is -2.07. The first kappa shape index (κ1) is 14.8. The minimum absolute atomic E-state index is 0.202. The molecule has 0 bridgehead atoms. The minimum atomic E-state index is -0.299. The normalized spacial score (nSPS) is 10.0. The van der Waals surface area contributed by atoms with Gasteiger partial charge < -0.3 is 10.1 Å². The summed E-state index contributed by atoms with van der Waals surface area (Å²) in [7, 11) is 0. The summed E-state index contributed by atoms with van der Waals surface area (Å²) in [5, 5.41) is 2.81. The zero-order chi connectivity index (χ0) is 15.2. The topological polar surface area (TPSA) is 55.4 Å². The zero-order valence-electron chi connectivity index (χ0n) is 12.1. The van der Waals surface area contributed by atoms with Gasteiger partial charge in [0.15, 0.2) is 0 Å². The number of carbonyl (C=O) groups excluding carboxylic acids is 2. The van der Waals surface area contributed by atoms with E-state index in [2.05, 4.69) is 5.32 Å². The molecule has 1 N–H and O–H groups in total. The van der Waals surface area contributed by atoms with Crippen LogP contribution in [0, 0.1) is 6.92 Å². The SMILES string of the molecule is CCC(=O)Oc1ccc(C(=O)Nc2ccc(C)cc2)cc1. The van der Waals surface area contributed by atoms with Crippen LogP contribution >= 0.6 is 0 Å². The second kappa shape index (κ2) is 6.70. The third-order valence-electron chi connectivity index (χ3n) is 2.95. The zero-order valence-corrected chi connectivity index (χ0v) is 12.1. The van der Waals surface area contributed by atoms with Crippen molar-refractivity contribution >= 4 is 17.6 Å². The Morgan fingerprint density at radius 3 is 2.19 bits per heavy atom. The molecule has 0 fully saturated rings. The van der Waals surface area contributed by atoms with Crippen LogP contribution in [-0.4, -0.2) is 11.9 Å². The molecule has 0 aromatic heterocycles. The molecule has 0 spiro atoms. The van der Waals surface area contributed by atoms with Crippen molar-refractivity contribution in [2.24, 2.45) is 0 Å². The van der Waals surface area contributed by atoms with E-state index < -0.39 is 0 Å². The van der Waals surface area contributed by atoms with Gasteiger partial charge in [-0.1, -0.05) is 24.6 Å². The van der Waals surface area contributed by atoms with Crippen molar-refractivity contribution in [2.75, 3.05) is 5.32 Å². The monoisotopic (exact) mass is 283 g/mol. The molecule has 0 saturated carbocycles. The van der Waals surface area contributed by atoms with E-state index in [1.54, 1.807) is 31.2 Å². The summed E-state index contributed by atoms with van der Waals surface area (Å²) in [4.78, 5) is 23.2. The highest BCUT2D eigenvalue weighted by molar-refractivity contribution is 6.04. The fourth-order valence-electron chi connectivity index (χ4n) is 1.72. The predicted octanol–water partition coefficient (Wildman–Crippen LogP) is 3.56. The number of amides is 1. The maximum absolute atomic E-state index is 12.1. The molecule has 0 aliphatic heterocycles. The molecule has 2 aromatic rings. The van der Waals surface area contributed by atoms with Crippen LogP contribution in [0.15, 0.2) is 48.5 Å². The van der Waals surface area contributed by atoms with Gasteiger partial charge in [-0.25, -0.2) is 0 Å². The van der Waals surface area contributed by atoms with Gasteiger partial charge in [0, 0.05) is 17.7 Å². The molecule has 0 saturated heterocycles. The number of esters is 1. The second-order valence-electron chi connectivity index (χ2n) is 4.67. The summed E-state index contributed by atoms with van der Waals surface area (Å²) in [6.45, 7) is 3.72. The number of ether oxygens (including phenoxy) is 1. The summed E-state index contributed by atoms with van der Waals surface area (Å²) < 4.78 is 5.06. The van der Waals surface area contributed by atoms with E-state index in [0.717, 1.165) is 11.3 Å². The average Bonchev–Trinajstić information content (AvgIpc) is 2.50. The van der Waals surface area contributed by atoms with Gasteiger partial charge >= 0.3 is 5.97 Å². The first-order chi connectivity index (χ1) is 10.1. The maximum Gasteiger partial charge on any atom is 0.310 e. The molecule has 0 atom stereocenters. The number of carbonyl (C=O) groups is 2. The summed E-state index contributed by atoms with van der Waals surface area (Å²) in [5.41, 5.74) is 2.38. The number of hydrogen-bond acceptors (Lipinski definition) is 3. The van der Waals surface area contributed by atoms with Crippen molar-refractivity contribution in [3.63, 3.8) is 0 Å². The number of nitrogens with one attached hydrogen (secondary N) is 1. The Morgan fingerprint density at radius 1 is 1.00 bits per heavy atom. The Hall–Kier alpha value is -2.62.